The average Bonchev–Trinajstić information content (AvgIpc) is 2.70. The third-order valence-electron chi connectivity index (χ3n) is 5.09. The number of rotatable bonds is 12. The lowest BCUT2D eigenvalue weighted by molar-refractivity contribution is -0.125. The third kappa shape index (κ3) is 11.1. The topological polar surface area (TPSA) is 58.2 Å². The minimum atomic E-state index is -0.0145. The van der Waals surface area contributed by atoms with E-state index in [9.17, 15) is 9.59 Å². The van der Waals surface area contributed by atoms with Crippen molar-refractivity contribution in [3.05, 3.63) is 36.0 Å². The molecule has 0 radical (unpaired) electrons. The van der Waals surface area contributed by atoms with Crippen molar-refractivity contribution in [2.24, 2.45) is 5.92 Å². The molecule has 1 aliphatic carbocycles. The Balaban J connectivity index is 2.44. The van der Waals surface area contributed by atoms with E-state index >= 15 is 0 Å². The molecule has 28 heavy (non-hydrogen) atoms. The largest absolute Gasteiger partial charge is 0.356 e. The second kappa shape index (κ2) is 16.1. The van der Waals surface area contributed by atoms with Gasteiger partial charge in [0, 0.05) is 24.6 Å². The summed E-state index contributed by atoms with van der Waals surface area (Å²) < 4.78 is 0. The predicted octanol–water partition coefficient (Wildman–Crippen LogP) is 5.22. The van der Waals surface area contributed by atoms with Crippen molar-refractivity contribution in [3.8, 4) is 0 Å². The van der Waals surface area contributed by atoms with Gasteiger partial charge in [0.15, 0.2) is 0 Å². The van der Waals surface area contributed by atoms with Gasteiger partial charge in [0.25, 0.3) is 5.91 Å². The Labute approximate surface area is 171 Å². The highest BCUT2D eigenvalue weighted by Crippen LogP contribution is 2.15. The SMILES string of the molecule is CCCCCCNC(=O)C1=C/C=C/CC(C(=O)NCCCCCC)CC\C=C\1. The molecule has 1 aliphatic rings. The van der Waals surface area contributed by atoms with Crippen molar-refractivity contribution in [2.75, 3.05) is 13.1 Å². The number of hydrogen-bond donors (Lipinski definition) is 2. The molecular formula is C24H40N2O2. The maximum atomic E-state index is 12.4. The van der Waals surface area contributed by atoms with Crippen molar-refractivity contribution in [3.63, 3.8) is 0 Å². The molecule has 0 spiro atoms. The summed E-state index contributed by atoms with van der Waals surface area (Å²) in [6.45, 7) is 5.88. The molecule has 1 rings (SSSR count). The van der Waals surface area contributed by atoms with E-state index in [1.165, 1.54) is 32.1 Å². The molecule has 0 bridgehead atoms. The van der Waals surface area contributed by atoms with Gasteiger partial charge < -0.3 is 10.6 Å². The minimum Gasteiger partial charge on any atom is -0.356 e. The van der Waals surface area contributed by atoms with Crippen LogP contribution in [0.15, 0.2) is 36.0 Å². The maximum Gasteiger partial charge on any atom is 0.251 e. The first-order chi connectivity index (χ1) is 13.7. The molecule has 0 aromatic carbocycles. The Kier molecular flexibility index (Phi) is 14.0. The zero-order chi connectivity index (χ0) is 20.5. The molecule has 0 saturated heterocycles. The van der Waals surface area contributed by atoms with E-state index in [-0.39, 0.29) is 17.7 Å². The second-order valence-electron chi connectivity index (χ2n) is 7.63. The summed E-state index contributed by atoms with van der Waals surface area (Å²) in [6, 6.07) is 0. The first kappa shape index (κ1) is 24.2. The molecule has 1 unspecified atom stereocenters. The molecular weight excluding hydrogens is 348 g/mol. The molecule has 0 fully saturated rings. The minimum absolute atomic E-state index is 0.00872. The lowest BCUT2D eigenvalue weighted by Gasteiger charge is -2.15. The van der Waals surface area contributed by atoms with Gasteiger partial charge in [-0.2, -0.15) is 0 Å². The van der Waals surface area contributed by atoms with Gasteiger partial charge in [-0.1, -0.05) is 76.7 Å². The maximum absolute atomic E-state index is 12.4. The molecule has 1 atom stereocenters. The van der Waals surface area contributed by atoms with Crippen molar-refractivity contribution >= 4 is 11.8 Å². The van der Waals surface area contributed by atoms with E-state index in [1.54, 1.807) is 0 Å². The zero-order valence-corrected chi connectivity index (χ0v) is 18.0. The number of carbonyl (C=O) groups excluding carboxylic acids is 2. The molecule has 4 heteroatoms. The Morgan fingerprint density at radius 3 is 2.29 bits per heavy atom. The normalized spacial score (nSPS) is 21.2. The Morgan fingerprint density at radius 1 is 0.929 bits per heavy atom. The van der Waals surface area contributed by atoms with Crippen LogP contribution in [0, 0.1) is 5.92 Å². The fourth-order valence-corrected chi connectivity index (χ4v) is 3.25. The van der Waals surface area contributed by atoms with Crippen LogP contribution >= 0.6 is 0 Å². The first-order valence-electron chi connectivity index (χ1n) is 11.3. The van der Waals surface area contributed by atoms with Gasteiger partial charge in [0.1, 0.15) is 0 Å². The van der Waals surface area contributed by atoms with Crippen LogP contribution in [0.5, 0.6) is 0 Å². The van der Waals surface area contributed by atoms with Gasteiger partial charge in [-0.25, -0.2) is 0 Å². The van der Waals surface area contributed by atoms with E-state index in [4.69, 9.17) is 0 Å². The number of hydrogen-bond acceptors (Lipinski definition) is 2. The number of amides is 2. The molecule has 158 valence electrons. The molecule has 0 aromatic rings. The lowest BCUT2D eigenvalue weighted by Crippen LogP contribution is -2.31. The van der Waals surface area contributed by atoms with Crippen LogP contribution in [-0.2, 0) is 9.59 Å². The Hall–Kier alpha value is -1.84. The summed E-state index contributed by atoms with van der Waals surface area (Å²) >= 11 is 0. The molecule has 0 saturated carbocycles. The van der Waals surface area contributed by atoms with E-state index in [0.717, 1.165) is 51.6 Å². The van der Waals surface area contributed by atoms with Crippen molar-refractivity contribution < 1.29 is 9.59 Å². The number of nitrogens with one attached hydrogen (secondary N) is 2. The van der Waals surface area contributed by atoms with Gasteiger partial charge in [-0.05, 0) is 38.2 Å². The number of unbranched alkanes of at least 4 members (excludes halogenated alkanes) is 6. The first-order valence-corrected chi connectivity index (χ1v) is 11.3. The van der Waals surface area contributed by atoms with Gasteiger partial charge in [0.05, 0.1) is 0 Å². The van der Waals surface area contributed by atoms with Crippen LogP contribution in [-0.4, -0.2) is 24.9 Å². The van der Waals surface area contributed by atoms with Gasteiger partial charge >= 0.3 is 0 Å². The molecule has 2 amide bonds. The summed E-state index contributed by atoms with van der Waals surface area (Å²) in [7, 11) is 0. The molecule has 2 N–H and O–H groups in total. The van der Waals surface area contributed by atoms with Gasteiger partial charge in [0.2, 0.25) is 5.91 Å². The van der Waals surface area contributed by atoms with E-state index in [1.807, 2.05) is 30.4 Å². The Morgan fingerprint density at radius 2 is 1.61 bits per heavy atom. The summed E-state index contributed by atoms with van der Waals surface area (Å²) in [5, 5.41) is 6.09. The Bertz CT molecular complexity index is 535. The van der Waals surface area contributed by atoms with E-state index in [0.29, 0.717) is 5.57 Å². The van der Waals surface area contributed by atoms with Crippen molar-refractivity contribution in [2.45, 2.75) is 84.5 Å². The fraction of sp³-hybridized carbons (Fsp3) is 0.667. The van der Waals surface area contributed by atoms with Crippen molar-refractivity contribution in [1.29, 1.82) is 0 Å². The van der Waals surface area contributed by atoms with Crippen LogP contribution in [0.1, 0.15) is 84.5 Å². The second-order valence-corrected chi connectivity index (χ2v) is 7.63. The summed E-state index contributed by atoms with van der Waals surface area (Å²) in [5.74, 6) is 0.151. The average molecular weight is 389 g/mol. The summed E-state index contributed by atoms with van der Waals surface area (Å²) in [4.78, 5) is 24.7. The van der Waals surface area contributed by atoms with E-state index in [2.05, 4.69) is 24.5 Å². The molecule has 0 aliphatic heterocycles. The highest BCUT2D eigenvalue weighted by Gasteiger charge is 2.16. The third-order valence-corrected chi connectivity index (χ3v) is 5.09. The van der Waals surface area contributed by atoms with Crippen molar-refractivity contribution in [1.82, 2.24) is 10.6 Å². The lowest BCUT2D eigenvalue weighted by atomic mass is 9.96. The van der Waals surface area contributed by atoms with Gasteiger partial charge in [-0.3, -0.25) is 9.59 Å². The van der Waals surface area contributed by atoms with Crippen LogP contribution in [0.4, 0.5) is 0 Å². The van der Waals surface area contributed by atoms with Crippen LogP contribution in [0.2, 0.25) is 0 Å². The zero-order valence-electron chi connectivity index (χ0n) is 18.0. The fourth-order valence-electron chi connectivity index (χ4n) is 3.25. The molecule has 4 nitrogen and oxygen atoms in total. The van der Waals surface area contributed by atoms with Crippen LogP contribution in [0.3, 0.4) is 0 Å². The monoisotopic (exact) mass is 388 g/mol. The quantitative estimate of drug-likeness (QED) is 0.450. The highest BCUT2D eigenvalue weighted by molar-refractivity contribution is 5.96. The molecule has 0 heterocycles. The smallest absolute Gasteiger partial charge is 0.251 e. The summed E-state index contributed by atoms with van der Waals surface area (Å²) in [5.41, 5.74) is 0.686. The molecule has 0 aromatic heterocycles. The number of carbonyl (C=O) groups is 2. The standard InChI is InChI=1S/C24H40N2O2/c1-3-5-7-13-19-25-23(27)21-15-9-11-17-22(18-12-10-16-21)24(28)26-20-14-8-6-4-2/h9-11,15-16,22H,3-8,12-14,17-20H2,1-2H3,(H,25,27)(H,26,28)/b11-9+,16-10+,21-15+. The predicted molar refractivity (Wildman–Crippen MR) is 118 cm³/mol. The van der Waals surface area contributed by atoms with E-state index < -0.39 is 0 Å². The number of allylic oxidation sites excluding steroid dienone is 4. The van der Waals surface area contributed by atoms with Crippen LogP contribution in [0.25, 0.3) is 0 Å². The van der Waals surface area contributed by atoms with Gasteiger partial charge in [-0.15, -0.1) is 0 Å². The highest BCUT2D eigenvalue weighted by atomic mass is 16.2. The van der Waals surface area contributed by atoms with Crippen LogP contribution < -0.4 is 10.6 Å². The summed E-state index contributed by atoms with van der Waals surface area (Å²) in [6.07, 6.45) is 21.3.